The van der Waals surface area contributed by atoms with Gasteiger partial charge in [0.05, 0.1) is 32.8 Å². The molecule has 0 aliphatic carbocycles. The Morgan fingerprint density at radius 3 is 2.05 bits per heavy atom. The molecule has 43 heavy (non-hydrogen) atoms. The summed E-state index contributed by atoms with van der Waals surface area (Å²) in [4.78, 5) is 31.9. The van der Waals surface area contributed by atoms with Crippen LogP contribution >= 0.6 is 7.82 Å². The van der Waals surface area contributed by atoms with Crippen LogP contribution in [-0.4, -0.2) is 68.7 Å². The number of anilines is 1. The Labute approximate surface area is 255 Å². The average molecular weight is 632 g/mol. The standard InChI is InChI=1S/C29H54N5O8P/c1-2-3-4-5-6-7-8-9-10-11-12-13-14-15-16-17-18-39-21-25(35)22-42-43(37,38)41-20-19-40-24-34-23-31-26-27(34)32-29(30)33-28(26)36/h23,25,35H,2-22,24H2,1H3,(H,37,38)(H3,30,32,33,36). The lowest BCUT2D eigenvalue weighted by Gasteiger charge is -2.15. The maximum absolute atomic E-state index is 12.0. The number of hydrogen-bond acceptors (Lipinski definition) is 10. The fourth-order valence-corrected chi connectivity index (χ4v) is 5.42. The molecule has 2 aromatic heterocycles. The molecule has 0 amide bonds. The van der Waals surface area contributed by atoms with Gasteiger partial charge in [0.25, 0.3) is 5.56 Å². The number of hydrogen-bond donors (Lipinski definition) is 4. The average Bonchev–Trinajstić information content (AvgIpc) is 3.38. The van der Waals surface area contributed by atoms with E-state index >= 15 is 0 Å². The van der Waals surface area contributed by atoms with Crippen molar-refractivity contribution in [1.29, 1.82) is 0 Å². The van der Waals surface area contributed by atoms with Gasteiger partial charge in [0.2, 0.25) is 5.95 Å². The number of aromatic nitrogens is 4. The van der Waals surface area contributed by atoms with E-state index in [0.29, 0.717) is 6.61 Å². The third-order valence-electron chi connectivity index (χ3n) is 7.09. The predicted octanol–water partition coefficient (Wildman–Crippen LogP) is 5.45. The zero-order chi connectivity index (χ0) is 31.2. The number of aliphatic hydroxyl groups excluding tert-OH is 1. The van der Waals surface area contributed by atoms with Crippen molar-refractivity contribution in [2.45, 2.75) is 122 Å². The number of ether oxygens (including phenoxy) is 2. The molecule has 0 spiro atoms. The molecule has 2 heterocycles. The second-order valence-electron chi connectivity index (χ2n) is 11.0. The van der Waals surface area contributed by atoms with Crippen molar-refractivity contribution in [2.24, 2.45) is 0 Å². The van der Waals surface area contributed by atoms with Gasteiger partial charge in [-0.25, -0.2) is 9.55 Å². The third-order valence-corrected chi connectivity index (χ3v) is 8.07. The summed E-state index contributed by atoms with van der Waals surface area (Å²) < 4.78 is 34.0. The number of imidazole rings is 1. The summed E-state index contributed by atoms with van der Waals surface area (Å²) in [5.74, 6) is -0.0474. The van der Waals surface area contributed by atoms with Gasteiger partial charge in [0.15, 0.2) is 11.2 Å². The van der Waals surface area contributed by atoms with Crippen LogP contribution in [0.5, 0.6) is 0 Å². The van der Waals surface area contributed by atoms with Gasteiger partial charge in [-0.05, 0) is 6.42 Å². The first kappa shape index (κ1) is 37.3. The first-order valence-corrected chi connectivity index (χ1v) is 17.5. The number of H-pyrrole nitrogens is 1. The molecular formula is C29H54N5O8P. The molecule has 2 unspecified atom stereocenters. The van der Waals surface area contributed by atoms with E-state index in [0.717, 1.165) is 12.8 Å². The van der Waals surface area contributed by atoms with E-state index in [2.05, 4.69) is 21.9 Å². The lowest BCUT2D eigenvalue weighted by atomic mass is 10.0. The highest BCUT2D eigenvalue weighted by Gasteiger charge is 2.22. The van der Waals surface area contributed by atoms with Crippen LogP contribution in [0.25, 0.3) is 11.2 Å². The van der Waals surface area contributed by atoms with Crippen LogP contribution in [0, 0.1) is 0 Å². The SMILES string of the molecule is CCCCCCCCCCCCCCCCCCOCC(O)COP(=O)(O)OCCOCn1cnc2c(=O)[nH]c(N)nc21. The molecule has 2 aromatic rings. The van der Waals surface area contributed by atoms with Crippen molar-refractivity contribution in [2.75, 3.05) is 38.8 Å². The molecule has 0 aliphatic rings. The molecule has 0 saturated heterocycles. The number of aliphatic hydroxyl groups is 1. The zero-order valence-electron chi connectivity index (χ0n) is 25.9. The quantitative estimate of drug-likeness (QED) is 0.0692. The molecule has 2 atom stereocenters. The molecule has 5 N–H and O–H groups in total. The van der Waals surface area contributed by atoms with Crippen LogP contribution in [-0.2, 0) is 29.8 Å². The van der Waals surface area contributed by atoms with Crippen molar-refractivity contribution in [3.8, 4) is 0 Å². The van der Waals surface area contributed by atoms with E-state index < -0.39 is 26.1 Å². The number of phosphoric ester groups is 1. The molecule has 0 aliphatic heterocycles. The summed E-state index contributed by atoms with van der Waals surface area (Å²) in [5, 5.41) is 9.98. The van der Waals surface area contributed by atoms with Gasteiger partial charge in [-0.15, -0.1) is 0 Å². The van der Waals surface area contributed by atoms with Gasteiger partial charge in [-0.3, -0.25) is 23.4 Å². The van der Waals surface area contributed by atoms with Crippen molar-refractivity contribution < 1.29 is 33.1 Å². The van der Waals surface area contributed by atoms with Crippen LogP contribution in [0.15, 0.2) is 11.1 Å². The second-order valence-corrected chi connectivity index (χ2v) is 12.5. The van der Waals surface area contributed by atoms with Crippen LogP contribution in [0.1, 0.15) is 110 Å². The van der Waals surface area contributed by atoms with E-state index in [9.17, 15) is 19.4 Å². The van der Waals surface area contributed by atoms with E-state index in [1.807, 2.05) is 0 Å². The minimum Gasteiger partial charge on any atom is -0.388 e. The van der Waals surface area contributed by atoms with Crippen LogP contribution in [0.3, 0.4) is 0 Å². The van der Waals surface area contributed by atoms with E-state index in [1.165, 1.54) is 101 Å². The van der Waals surface area contributed by atoms with Crippen LogP contribution < -0.4 is 11.3 Å². The minimum absolute atomic E-state index is 0.0160. The fourth-order valence-electron chi connectivity index (χ4n) is 4.68. The number of aromatic amines is 1. The van der Waals surface area contributed by atoms with E-state index in [-0.39, 0.29) is 43.7 Å². The van der Waals surface area contributed by atoms with Gasteiger partial charge in [0, 0.05) is 6.61 Å². The highest BCUT2D eigenvalue weighted by atomic mass is 31.2. The lowest BCUT2D eigenvalue weighted by molar-refractivity contribution is -0.00185. The molecule has 0 aromatic carbocycles. The molecule has 248 valence electrons. The Bertz CT molecular complexity index is 1100. The Morgan fingerprint density at radius 2 is 1.44 bits per heavy atom. The van der Waals surface area contributed by atoms with Crippen LogP contribution in [0.4, 0.5) is 5.95 Å². The molecule has 14 heteroatoms. The van der Waals surface area contributed by atoms with Gasteiger partial charge in [-0.2, -0.15) is 4.98 Å². The van der Waals surface area contributed by atoms with Crippen molar-refractivity contribution >= 4 is 24.9 Å². The van der Waals surface area contributed by atoms with Crippen LogP contribution in [0.2, 0.25) is 0 Å². The predicted molar refractivity (Wildman–Crippen MR) is 167 cm³/mol. The van der Waals surface area contributed by atoms with E-state index in [4.69, 9.17) is 24.3 Å². The first-order chi connectivity index (χ1) is 20.8. The lowest BCUT2D eigenvalue weighted by Crippen LogP contribution is -2.22. The molecule has 2 rings (SSSR count). The number of nitrogens with zero attached hydrogens (tertiary/aromatic N) is 3. The Hall–Kier alpha value is -1.86. The summed E-state index contributed by atoms with van der Waals surface area (Å²) in [7, 11) is -4.37. The van der Waals surface area contributed by atoms with Gasteiger partial charge in [-0.1, -0.05) is 103 Å². The number of nitrogens with two attached hydrogens (primary N) is 1. The van der Waals surface area contributed by atoms with Crippen molar-refractivity contribution in [3.63, 3.8) is 0 Å². The van der Waals surface area contributed by atoms with E-state index in [1.54, 1.807) is 0 Å². The largest absolute Gasteiger partial charge is 0.472 e. The topological polar surface area (TPSA) is 184 Å². The zero-order valence-corrected chi connectivity index (χ0v) is 26.8. The number of fused-ring (bicyclic) bond motifs is 1. The molecule has 0 radical (unpaired) electrons. The van der Waals surface area contributed by atoms with Crippen molar-refractivity contribution in [1.82, 2.24) is 19.5 Å². The summed E-state index contributed by atoms with van der Waals surface area (Å²) in [6.45, 7) is 2.11. The highest BCUT2D eigenvalue weighted by molar-refractivity contribution is 7.47. The molecular weight excluding hydrogens is 577 g/mol. The summed E-state index contributed by atoms with van der Waals surface area (Å²) in [6, 6.07) is 0. The number of unbranched alkanes of at least 4 members (excludes halogenated alkanes) is 15. The minimum atomic E-state index is -4.37. The normalized spacial score (nSPS) is 13.9. The number of nitrogens with one attached hydrogen (secondary N) is 1. The van der Waals surface area contributed by atoms with Crippen molar-refractivity contribution in [3.05, 3.63) is 16.7 Å². The number of phosphoric acid groups is 1. The Balaban J connectivity index is 1.37. The highest BCUT2D eigenvalue weighted by Crippen LogP contribution is 2.43. The molecule has 0 fully saturated rings. The summed E-state index contributed by atoms with van der Waals surface area (Å²) in [6.07, 6.45) is 21.2. The number of nitrogen functional groups attached to an aromatic ring is 1. The molecule has 13 nitrogen and oxygen atoms in total. The van der Waals surface area contributed by atoms with Gasteiger partial charge in [0.1, 0.15) is 12.8 Å². The van der Waals surface area contributed by atoms with Gasteiger partial charge < -0.3 is 25.2 Å². The number of rotatable bonds is 28. The summed E-state index contributed by atoms with van der Waals surface area (Å²) in [5.41, 5.74) is 5.46. The first-order valence-electron chi connectivity index (χ1n) is 16.0. The maximum Gasteiger partial charge on any atom is 0.472 e. The smallest absolute Gasteiger partial charge is 0.388 e. The Kier molecular flexibility index (Phi) is 19.6. The Morgan fingerprint density at radius 1 is 0.860 bits per heavy atom. The monoisotopic (exact) mass is 631 g/mol. The molecule has 0 bridgehead atoms. The molecule has 0 saturated carbocycles. The van der Waals surface area contributed by atoms with Gasteiger partial charge >= 0.3 is 7.82 Å². The fraction of sp³-hybridized carbons (Fsp3) is 0.828. The second kappa shape index (κ2) is 22.6. The third kappa shape index (κ3) is 17.3. The summed E-state index contributed by atoms with van der Waals surface area (Å²) >= 11 is 0. The maximum atomic E-state index is 12.0.